The molecule has 1 aromatic carbocycles. The molecule has 1 saturated heterocycles. The first kappa shape index (κ1) is 10.5. The minimum Gasteiger partial charge on any atom is -0.371 e. The van der Waals surface area contributed by atoms with Crippen molar-refractivity contribution < 1.29 is 0 Å². The first-order valence-electron chi connectivity index (χ1n) is 5.65. The normalized spacial score (nSPS) is 19.5. The number of rotatable bonds is 2. The summed E-state index contributed by atoms with van der Waals surface area (Å²) in [5, 5.41) is 0. The topological polar surface area (TPSA) is 29.3 Å². The molecule has 15 heavy (non-hydrogen) atoms. The van der Waals surface area contributed by atoms with Gasteiger partial charge in [-0.05, 0) is 29.5 Å². The minimum atomic E-state index is 0.465. The van der Waals surface area contributed by atoms with Crippen LogP contribution in [0, 0.1) is 5.41 Å². The molecule has 1 aliphatic heterocycles. The summed E-state index contributed by atoms with van der Waals surface area (Å²) in [5.41, 5.74) is 8.58. The van der Waals surface area contributed by atoms with Gasteiger partial charge in [0.15, 0.2) is 0 Å². The Morgan fingerprint density at radius 3 is 2.40 bits per heavy atom. The second kappa shape index (κ2) is 3.86. The number of nitrogens with two attached hydrogens (primary N) is 1. The quantitative estimate of drug-likeness (QED) is 0.801. The molecule has 2 heteroatoms. The maximum absolute atomic E-state index is 5.58. The van der Waals surface area contributed by atoms with Gasteiger partial charge >= 0.3 is 0 Å². The maximum Gasteiger partial charge on any atom is 0.0366 e. The van der Waals surface area contributed by atoms with Gasteiger partial charge in [-0.1, -0.05) is 26.0 Å². The fourth-order valence-corrected chi connectivity index (χ4v) is 2.18. The summed E-state index contributed by atoms with van der Waals surface area (Å²) in [5.74, 6) is 0. The Labute approximate surface area is 92.1 Å². The van der Waals surface area contributed by atoms with Gasteiger partial charge in [0, 0.05) is 25.3 Å². The van der Waals surface area contributed by atoms with E-state index >= 15 is 0 Å². The van der Waals surface area contributed by atoms with Crippen LogP contribution in [0.1, 0.15) is 25.8 Å². The fraction of sp³-hybridized carbons (Fsp3) is 0.538. The average molecular weight is 204 g/mol. The van der Waals surface area contributed by atoms with E-state index in [2.05, 4.69) is 43.0 Å². The van der Waals surface area contributed by atoms with E-state index in [1.54, 1.807) is 0 Å². The van der Waals surface area contributed by atoms with E-state index in [-0.39, 0.29) is 0 Å². The summed E-state index contributed by atoms with van der Waals surface area (Å²) in [7, 11) is 0. The van der Waals surface area contributed by atoms with Crippen LogP contribution in [-0.4, -0.2) is 13.1 Å². The molecule has 0 bridgehead atoms. The highest BCUT2D eigenvalue weighted by Gasteiger charge is 2.28. The van der Waals surface area contributed by atoms with Crippen molar-refractivity contribution in [3.63, 3.8) is 0 Å². The Hall–Kier alpha value is -1.02. The van der Waals surface area contributed by atoms with Crippen LogP contribution >= 0.6 is 0 Å². The van der Waals surface area contributed by atoms with Crippen molar-refractivity contribution in [2.45, 2.75) is 26.8 Å². The Bertz CT molecular complexity index is 327. The fourth-order valence-electron chi connectivity index (χ4n) is 2.18. The van der Waals surface area contributed by atoms with E-state index in [0.29, 0.717) is 12.0 Å². The molecule has 0 radical (unpaired) electrons. The van der Waals surface area contributed by atoms with Gasteiger partial charge in [-0.25, -0.2) is 0 Å². The molecule has 0 saturated carbocycles. The molecular formula is C13H20N2. The van der Waals surface area contributed by atoms with Gasteiger partial charge in [0.25, 0.3) is 0 Å². The van der Waals surface area contributed by atoms with E-state index in [9.17, 15) is 0 Å². The van der Waals surface area contributed by atoms with Gasteiger partial charge in [0.2, 0.25) is 0 Å². The first-order valence-corrected chi connectivity index (χ1v) is 5.65. The van der Waals surface area contributed by atoms with E-state index in [1.807, 2.05) is 0 Å². The summed E-state index contributed by atoms with van der Waals surface area (Å²) < 4.78 is 0. The molecule has 1 aliphatic rings. The summed E-state index contributed by atoms with van der Waals surface area (Å²) in [6.07, 6.45) is 1.28. The highest BCUT2D eigenvalue weighted by atomic mass is 15.2. The van der Waals surface area contributed by atoms with Crippen molar-refractivity contribution in [2.24, 2.45) is 11.1 Å². The molecule has 1 heterocycles. The zero-order chi connectivity index (χ0) is 10.9. The number of hydrogen-bond donors (Lipinski definition) is 1. The van der Waals surface area contributed by atoms with Gasteiger partial charge < -0.3 is 10.6 Å². The maximum atomic E-state index is 5.58. The summed E-state index contributed by atoms with van der Waals surface area (Å²) in [4.78, 5) is 2.46. The van der Waals surface area contributed by atoms with Crippen LogP contribution in [0.3, 0.4) is 0 Å². The minimum absolute atomic E-state index is 0.465. The standard InChI is InChI=1S/C13H20N2/c1-13(2)7-8-15(10-13)12-5-3-11(9-14)4-6-12/h3-6H,7-10,14H2,1-2H3. The van der Waals surface area contributed by atoms with E-state index < -0.39 is 0 Å². The van der Waals surface area contributed by atoms with Gasteiger partial charge in [0.05, 0.1) is 0 Å². The van der Waals surface area contributed by atoms with Gasteiger partial charge in [0.1, 0.15) is 0 Å². The van der Waals surface area contributed by atoms with Crippen molar-refractivity contribution in [1.82, 2.24) is 0 Å². The van der Waals surface area contributed by atoms with E-state index in [4.69, 9.17) is 5.73 Å². The summed E-state index contributed by atoms with van der Waals surface area (Å²) in [6, 6.07) is 8.62. The van der Waals surface area contributed by atoms with Crippen LogP contribution in [0.4, 0.5) is 5.69 Å². The average Bonchev–Trinajstić information content (AvgIpc) is 2.59. The zero-order valence-corrected chi connectivity index (χ0v) is 9.66. The molecular weight excluding hydrogens is 184 g/mol. The molecule has 82 valence electrons. The number of nitrogens with zero attached hydrogens (tertiary/aromatic N) is 1. The molecule has 0 unspecified atom stereocenters. The van der Waals surface area contributed by atoms with Crippen molar-refractivity contribution in [2.75, 3.05) is 18.0 Å². The molecule has 0 aromatic heterocycles. The largest absolute Gasteiger partial charge is 0.371 e. The van der Waals surface area contributed by atoms with Crippen molar-refractivity contribution in [1.29, 1.82) is 0 Å². The summed E-state index contributed by atoms with van der Waals surface area (Å²) >= 11 is 0. The second-order valence-electron chi connectivity index (χ2n) is 5.21. The van der Waals surface area contributed by atoms with Crippen LogP contribution in [-0.2, 0) is 6.54 Å². The third-order valence-corrected chi connectivity index (χ3v) is 3.21. The monoisotopic (exact) mass is 204 g/mol. The van der Waals surface area contributed by atoms with Gasteiger partial charge in [-0.3, -0.25) is 0 Å². The van der Waals surface area contributed by atoms with Crippen LogP contribution in [0.15, 0.2) is 24.3 Å². The van der Waals surface area contributed by atoms with Gasteiger partial charge in [-0.15, -0.1) is 0 Å². The van der Waals surface area contributed by atoms with Gasteiger partial charge in [-0.2, -0.15) is 0 Å². The predicted octanol–water partition coefficient (Wildman–Crippen LogP) is 2.38. The Kier molecular flexibility index (Phi) is 2.70. The molecule has 0 amide bonds. The smallest absolute Gasteiger partial charge is 0.0366 e. The number of benzene rings is 1. The molecule has 1 aromatic rings. The lowest BCUT2D eigenvalue weighted by atomic mass is 9.93. The molecule has 1 fully saturated rings. The number of anilines is 1. The van der Waals surface area contributed by atoms with Crippen LogP contribution < -0.4 is 10.6 Å². The van der Waals surface area contributed by atoms with Crippen LogP contribution in [0.25, 0.3) is 0 Å². The van der Waals surface area contributed by atoms with E-state index in [0.717, 1.165) is 6.54 Å². The first-order chi connectivity index (χ1) is 7.11. The molecule has 2 N–H and O–H groups in total. The third kappa shape index (κ3) is 2.32. The third-order valence-electron chi connectivity index (χ3n) is 3.21. The summed E-state index contributed by atoms with van der Waals surface area (Å²) in [6.45, 7) is 7.64. The second-order valence-corrected chi connectivity index (χ2v) is 5.21. The highest BCUT2D eigenvalue weighted by Crippen LogP contribution is 2.32. The zero-order valence-electron chi connectivity index (χ0n) is 9.66. The lowest BCUT2D eigenvalue weighted by molar-refractivity contribution is 0.418. The molecule has 2 nitrogen and oxygen atoms in total. The molecule has 0 atom stereocenters. The molecule has 2 rings (SSSR count). The molecule has 0 aliphatic carbocycles. The SMILES string of the molecule is CC1(C)CCN(c2ccc(CN)cc2)C1. The Balaban J connectivity index is 2.11. The number of hydrogen-bond acceptors (Lipinski definition) is 2. The van der Waals surface area contributed by atoms with Crippen molar-refractivity contribution in [3.05, 3.63) is 29.8 Å². The highest BCUT2D eigenvalue weighted by molar-refractivity contribution is 5.48. The van der Waals surface area contributed by atoms with Crippen LogP contribution in [0.2, 0.25) is 0 Å². The van der Waals surface area contributed by atoms with Crippen molar-refractivity contribution >= 4 is 5.69 Å². The van der Waals surface area contributed by atoms with Crippen LogP contribution in [0.5, 0.6) is 0 Å². The Morgan fingerprint density at radius 2 is 1.93 bits per heavy atom. The van der Waals surface area contributed by atoms with E-state index in [1.165, 1.54) is 24.2 Å². The predicted molar refractivity (Wildman–Crippen MR) is 64.9 cm³/mol. The van der Waals surface area contributed by atoms with Crippen molar-refractivity contribution in [3.8, 4) is 0 Å². The lowest BCUT2D eigenvalue weighted by Crippen LogP contribution is -2.22. The lowest BCUT2D eigenvalue weighted by Gasteiger charge is -2.21. The molecule has 0 spiro atoms. The Morgan fingerprint density at radius 1 is 1.27 bits per heavy atom.